The van der Waals surface area contributed by atoms with Crippen molar-refractivity contribution in [1.29, 1.82) is 0 Å². The average Bonchev–Trinajstić information content (AvgIpc) is 3.45. The molecule has 1 amide bonds. The van der Waals surface area contributed by atoms with Gasteiger partial charge >= 0.3 is 0 Å². The first kappa shape index (κ1) is 19.8. The van der Waals surface area contributed by atoms with Crippen molar-refractivity contribution in [3.63, 3.8) is 0 Å². The molecule has 1 aromatic carbocycles. The van der Waals surface area contributed by atoms with E-state index in [1.54, 1.807) is 12.1 Å². The summed E-state index contributed by atoms with van der Waals surface area (Å²) in [6.07, 6.45) is 2.68. The van der Waals surface area contributed by atoms with Gasteiger partial charge in [0.1, 0.15) is 0 Å². The van der Waals surface area contributed by atoms with Gasteiger partial charge in [0.05, 0.1) is 16.9 Å². The van der Waals surface area contributed by atoms with Gasteiger partial charge in [-0.1, -0.05) is 30.3 Å². The third-order valence-corrected chi connectivity index (χ3v) is 6.74. The maximum Gasteiger partial charge on any atom is 0.260 e. The molecule has 3 aliphatic rings. The Labute approximate surface area is 166 Å². The van der Waals surface area contributed by atoms with Gasteiger partial charge in [-0.2, -0.15) is 0 Å². The van der Waals surface area contributed by atoms with Crippen molar-refractivity contribution < 1.29 is 13.6 Å². The van der Waals surface area contributed by atoms with Gasteiger partial charge in [0.15, 0.2) is 0 Å². The van der Waals surface area contributed by atoms with Crippen LogP contribution in [0.5, 0.6) is 0 Å². The summed E-state index contributed by atoms with van der Waals surface area (Å²) in [5, 5.41) is 3.26. The lowest BCUT2D eigenvalue weighted by Crippen LogP contribution is -2.52. The molecule has 1 N–H and O–H groups in total. The van der Waals surface area contributed by atoms with Crippen LogP contribution >= 0.6 is 0 Å². The molecule has 3 atom stereocenters. The van der Waals surface area contributed by atoms with Gasteiger partial charge in [0.25, 0.3) is 5.92 Å². The van der Waals surface area contributed by atoms with Crippen LogP contribution < -0.4 is 5.32 Å². The van der Waals surface area contributed by atoms with E-state index in [1.807, 2.05) is 32.3 Å². The summed E-state index contributed by atoms with van der Waals surface area (Å²) >= 11 is 0. The largest absolute Gasteiger partial charge is 0.349 e. The molecule has 0 bridgehead atoms. The first-order valence-corrected chi connectivity index (χ1v) is 10.3. The molecule has 2 saturated carbocycles. The van der Waals surface area contributed by atoms with Gasteiger partial charge in [0.2, 0.25) is 5.91 Å². The van der Waals surface area contributed by atoms with E-state index in [0.717, 1.165) is 37.9 Å². The highest BCUT2D eigenvalue weighted by Crippen LogP contribution is 2.61. The molecule has 1 saturated heterocycles. The fourth-order valence-corrected chi connectivity index (χ4v) is 4.94. The fourth-order valence-electron chi connectivity index (χ4n) is 4.94. The Balaban J connectivity index is 1.34. The molecule has 1 aliphatic heterocycles. The van der Waals surface area contributed by atoms with Gasteiger partial charge in [-0.05, 0) is 45.8 Å². The van der Waals surface area contributed by atoms with E-state index in [9.17, 15) is 13.6 Å². The Morgan fingerprint density at radius 1 is 1.21 bits per heavy atom. The zero-order chi connectivity index (χ0) is 20.2. The number of carbonyl (C=O) groups is 1. The fraction of sp³-hybridized carbons (Fsp3) is 0.682. The second kappa shape index (κ2) is 6.77. The van der Waals surface area contributed by atoms with Crippen LogP contribution in [0.2, 0.25) is 0 Å². The van der Waals surface area contributed by atoms with E-state index in [4.69, 9.17) is 0 Å². The van der Waals surface area contributed by atoms with E-state index in [2.05, 4.69) is 22.0 Å². The van der Waals surface area contributed by atoms with Crippen molar-refractivity contribution in [2.45, 2.75) is 43.6 Å². The molecule has 0 radical (unpaired) electrons. The molecule has 3 fully saturated rings. The molecule has 154 valence electrons. The Morgan fingerprint density at radius 3 is 2.50 bits per heavy atom. The molecule has 2 aliphatic carbocycles. The highest BCUT2D eigenvalue weighted by molar-refractivity contribution is 5.86. The molecule has 1 heterocycles. The van der Waals surface area contributed by atoms with Crippen LogP contribution in [0.15, 0.2) is 30.3 Å². The van der Waals surface area contributed by atoms with E-state index >= 15 is 0 Å². The quantitative estimate of drug-likeness (QED) is 0.776. The molecule has 1 aromatic rings. The lowest BCUT2D eigenvalue weighted by molar-refractivity contribution is -0.128. The monoisotopic (exact) mass is 391 g/mol. The highest BCUT2D eigenvalue weighted by atomic mass is 19.3. The molecule has 6 heteroatoms. The summed E-state index contributed by atoms with van der Waals surface area (Å²) in [6.45, 7) is 4.61. The van der Waals surface area contributed by atoms with Gasteiger partial charge in [-0.3, -0.25) is 4.79 Å². The molecule has 0 spiro atoms. The molecule has 4 rings (SSSR count). The number of carbonyl (C=O) groups excluding carboxylic acids is 1. The topological polar surface area (TPSA) is 35.6 Å². The number of benzene rings is 1. The summed E-state index contributed by atoms with van der Waals surface area (Å²) in [6, 6.07) is 9.10. The molecule has 4 nitrogen and oxygen atoms in total. The predicted molar refractivity (Wildman–Crippen MR) is 105 cm³/mol. The van der Waals surface area contributed by atoms with Crippen LogP contribution in [0.25, 0.3) is 0 Å². The first-order valence-electron chi connectivity index (χ1n) is 10.3. The summed E-state index contributed by atoms with van der Waals surface area (Å²) in [7, 11) is 3.98. The molecular weight excluding hydrogens is 360 g/mol. The van der Waals surface area contributed by atoms with Crippen molar-refractivity contribution >= 4 is 5.91 Å². The first-order chi connectivity index (χ1) is 13.2. The van der Waals surface area contributed by atoms with Gasteiger partial charge < -0.3 is 15.1 Å². The van der Waals surface area contributed by atoms with Crippen molar-refractivity contribution in [2.75, 3.05) is 40.3 Å². The van der Waals surface area contributed by atoms with Crippen molar-refractivity contribution in [2.24, 2.45) is 11.3 Å². The van der Waals surface area contributed by atoms with Crippen LogP contribution in [0, 0.1) is 11.3 Å². The van der Waals surface area contributed by atoms with Crippen molar-refractivity contribution in [1.82, 2.24) is 15.1 Å². The predicted octanol–water partition coefficient (Wildman–Crippen LogP) is 2.96. The second-order valence-corrected chi connectivity index (χ2v) is 9.69. The third-order valence-electron chi connectivity index (χ3n) is 6.74. The Bertz CT molecular complexity index is 735. The zero-order valence-electron chi connectivity index (χ0n) is 17.0. The van der Waals surface area contributed by atoms with E-state index in [0.29, 0.717) is 13.1 Å². The molecule has 28 heavy (non-hydrogen) atoms. The van der Waals surface area contributed by atoms with Gasteiger partial charge in [-0.15, -0.1) is 0 Å². The van der Waals surface area contributed by atoms with E-state index in [1.165, 1.54) is 0 Å². The minimum Gasteiger partial charge on any atom is -0.349 e. The van der Waals surface area contributed by atoms with E-state index < -0.39 is 17.8 Å². The van der Waals surface area contributed by atoms with Crippen molar-refractivity contribution in [3.8, 4) is 0 Å². The number of hydrogen-bond donors (Lipinski definition) is 1. The number of halogens is 2. The number of hydrogen-bond acceptors (Lipinski definition) is 3. The van der Waals surface area contributed by atoms with E-state index in [-0.39, 0.29) is 16.9 Å². The Kier molecular flexibility index (Phi) is 4.78. The van der Waals surface area contributed by atoms with Crippen LogP contribution in [-0.4, -0.2) is 67.4 Å². The number of rotatable bonds is 7. The Hall–Kier alpha value is -1.53. The van der Waals surface area contributed by atoms with Gasteiger partial charge in [-0.25, -0.2) is 8.78 Å². The number of nitrogens with zero attached hydrogens (tertiary/aromatic N) is 2. The van der Waals surface area contributed by atoms with Crippen molar-refractivity contribution in [3.05, 3.63) is 35.9 Å². The number of alkyl halides is 2. The average molecular weight is 392 g/mol. The van der Waals surface area contributed by atoms with Crippen LogP contribution in [0.3, 0.4) is 0 Å². The zero-order valence-corrected chi connectivity index (χ0v) is 17.0. The maximum atomic E-state index is 14.4. The Morgan fingerprint density at radius 2 is 1.89 bits per heavy atom. The number of amides is 1. The lowest BCUT2D eigenvalue weighted by atomic mass is 9.98. The maximum absolute atomic E-state index is 14.4. The molecule has 0 aromatic heterocycles. The van der Waals surface area contributed by atoms with Crippen LogP contribution in [-0.2, 0) is 4.79 Å². The molecular formula is C22H31F2N3O. The minimum atomic E-state index is -2.63. The van der Waals surface area contributed by atoms with Crippen LogP contribution in [0.1, 0.15) is 37.7 Å². The SMILES string of the molecule is CN(C)CC1(C(=O)NC2(C)CCN(C[C@@H]3[C@@H](c4ccccc4)C3(F)F)C2)CC1. The standard InChI is InChI=1S/C22H31F2N3O/c1-20(25-19(28)21(9-10-21)15-26(2)3)11-12-27(14-20)13-17-18(22(17,23)24)16-7-5-4-6-8-16/h4-8,17-18H,9-15H2,1-3H3,(H,25,28)/t17-,18-,20?/m1/s1. The second-order valence-electron chi connectivity index (χ2n) is 9.69. The van der Waals surface area contributed by atoms with Crippen LogP contribution in [0.4, 0.5) is 8.78 Å². The number of nitrogens with one attached hydrogen (secondary N) is 1. The summed E-state index contributed by atoms with van der Waals surface area (Å²) in [5.74, 6) is -3.81. The number of likely N-dealkylation sites (tertiary alicyclic amines) is 1. The lowest BCUT2D eigenvalue weighted by Gasteiger charge is -2.30. The third kappa shape index (κ3) is 3.69. The highest BCUT2D eigenvalue weighted by Gasteiger charge is 2.68. The summed E-state index contributed by atoms with van der Waals surface area (Å²) < 4.78 is 28.8. The smallest absolute Gasteiger partial charge is 0.260 e. The summed E-state index contributed by atoms with van der Waals surface area (Å²) in [5.41, 5.74) is 0.153. The molecule has 1 unspecified atom stereocenters. The normalized spacial score (nSPS) is 33.1. The summed E-state index contributed by atoms with van der Waals surface area (Å²) in [4.78, 5) is 17.0. The minimum absolute atomic E-state index is 0.129. The van der Waals surface area contributed by atoms with Gasteiger partial charge in [0, 0.05) is 32.1 Å².